The van der Waals surface area contributed by atoms with Crippen molar-refractivity contribution < 1.29 is 9.53 Å². The Labute approximate surface area is 155 Å². The van der Waals surface area contributed by atoms with Gasteiger partial charge in [0.25, 0.3) is 0 Å². The number of piperidine rings is 1. The predicted octanol–water partition coefficient (Wildman–Crippen LogP) is 4.25. The highest BCUT2D eigenvalue weighted by atomic mass is 16.6. The van der Waals surface area contributed by atoms with Crippen molar-refractivity contribution in [3.05, 3.63) is 59.7 Å². The Kier molecular flexibility index (Phi) is 5.16. The molecule has 2 aromatic rings. The van der Waals surface area contributed by atoms with Crippen LogP contribution in [-0.4, -0.2) is 39.2 Å². The molecule has 0 N–H and O–H groups in total. The SMILES string of the molecule is Cn1cnc(C(=C2CCN(C(=O)OC(C)(C)C)CC2)c2ccccc2)c1. The standard InChI is InChI=1S/C21H27N3O2/c1-21(2,3)26-20(25)24-12-10-17(11-13-24)19(16-8-6-5-7-9-16)18-14-23(4)15-22-18/h5-9,14-15H,10-13H2,1-4H3. The van der Waals surface area contributed by atoms with Gasteiger partial charge in [-0.15, -0.1) is 0 Å². The van der Waals surface area contributed by atoms with Crippen LogP contribution in [0.5, 0.6) is 0 Å². The molecule has 5 heteroatoms. The van der Waals surface area contributed by atoms with Gasteiger partial charge in [-0.25, -0.2) is 9.78 Å². The number of aromatic nitrogens is 2. The molecule has 0 aliphatic carbocycles. The molecular weight excluding hydrogens is 326 g/mol. The van der Waals surface area contributed by atoms with Crippen LogP contribution in [0.15, 0.2) is 48.4 Å². The van der Waals surface area contributed by atoms with Crippen LogP contribution in [0, 0.1) is 0 Å². The summed E-state index contributed by atoms with van der Waals surface area (Å²) in [5.41, 5.74) is 4.23. The zero-order valence-electron chi connectivity index (χ0n) is 16.0. The summed E-state index contributed by atoms with van der Waals surface area (Å²) >= 11 is 0. The molecule has 1 fully saturated rings. The number of amides is 1. The molecule has 0 atom stereocenters. The largest absolute Gasteiger partial charge is 0.444 e. The Bertz CT molecular complexity index is 790. The molecule has 0 unspecified atom stereocenters. The van der Waals surface area contributed by atoms with Crippen molar-refractivity contribution in [2.75, 3.05) is 13.1 Å². The van der Waals surface area contributed by atoms with Gasteiger partial charge in [-0.05, 0) is 39.2 Å². The Morgan fingerprint density at radius 3 is 2.31 bits per heavy atom. The van der Waals surface area contributed by atoms with E-state index in [4.69, 9.17) is 4.74 Å². The summed E-state index contributed by atoms with van der Waals surface area (Å²) in [5, 5.41) is 0. The minimum absolute atomic E-state index is 0.226. The first-order valence-corrected chi connectivity index (χ1v) is 9.07. The molecule has 0 bridgehead atoms. The first kappa shape index (κ1) is 18.2. The fraction of sp³-hybridized carbons (Fsp3) is 0.429. The molecule has 0 spiro atoms. The van der Waals surface area contributed by atoms with Gasteiger partial charge in [0.05, 0.1) is 12.0 Å². The second-order valence-corrected chi connectivity index (χ2v) is 7.74. The van der Waals surface area contributed by atoms with Crippen LogP contribution in [0.2, 0.25) is 0 Å². The average molecular weight is 353 g/mol. The van der Waals surface area contributed by atoms with Crippen LogP contribution < -0.4 is 0 Å². The van der Waals surface area contributed by atoms with Crippen LogP contribution in [0.25, 0.3) is 5.57 Å². The van der Waals surface area contributed by atoms with E-state index in [9.17, 15) is 4.79 Å². The monoisotopic (exact) mass is 353 g/mol. The number of imidazole rings is 1. The molecule has 138 valence electrons. The van der Waals surface area contributed by atoms with Crippen LogP contribution in [-0.2, 0) is 11.8 Å². The highest BCUT2D eigenvalue weighted by molar-refractivity contribution is 5.80. The van der Waals surface area contributed by atoms with Crippen LogP contribution >= 0.6 is 0 Å². The van der Waals surface area contributed by atoms with Gasteiger partial charge in [0.1, 0.15) is 5.60 Å². The predicted molar refractivity (Wildman–Crippen MR) is 103 cm³/mol. The van der Waals surface area contributed by atoms with Gasteiger partial charge in [-0.3, -0.25) is 0 Å². The smallest absolute Gasteiger partial charge is 0.410 e. The van der Waals surface area contributed by atoms with Crippen molar-refractivity contribution in [3.8, 4) is 0 Å². The average Bonchev–Trinajstić information content (AvgIpc) is 3.01. The summed E-state index contributed by atoms with van der Waals surface area (Å²) in [7, 11) is 1.98. The van der Waals surface area contributed by atoms with Gasteiger partial charge in [-0.2, -0.15) is 0 Å². The van der Waals surface area contributed by atoms with Crippen molar-refractivity contribution in [3.63, 3.8) is 0 Å². The van der Waals surface area contributed by atoms with E-state index < -0.39 is 5.60 Å². The summed E-state index contributed by atoms with van der Waals surface area (Å²) in [5.74, 6) is 0. The van der Waals surface area contributed by atoms with Crippen molar-refractivity contribution in [2.24, 2.45) is 7.05 Å². The molecule has 1 aromatic heterocycles. The minimum atomic E-state index is -0.462. The normalized spacial score (nSPS) is 15.1. The van der Waals surface area contributed by atoms with Gasteiger partial charge < -0.3 is 14.2 Å². The molecule has 5 nitrogen and oxygen atoms in total. The maximum atomic E-state index is 12.3. The molecule has 3 rings (SSSR count). The van der Waals surface area contributed by atoms with E-state index in [1.54, 1.807) is 4.90 Å². The first-order valence-electron chi connectivity index (χ1n) is 9.07. The molecular formula is C21H27N3O2. The van der Waals surface area contributed by atoms with E-state index in [1.807, 2.05) is 44.8 Å². The minimum Gasteiger partial charge on any atom is -0.444 e. The lowest BCUT2D eigenvalue weighted by atomic mass is 9.91. The third kappa shape index (κ3) is 4.34. The maximum absolute atomic E-state index is 12.3. The number of benzene rings is 1. The van der Waals surface area contributed by atoms with Crippen molar-refractivity contribution in [1.82, 2.24) is 14.5 Å². The highest BCUT2D eigenvalue weighted by Crippen LogP contribution is 2.31. The first-order chi connectivity index (χ1) is 12.3. The molecule has 1 aliphatic heterocycles. The van der Waals surface area contributed by atoms with Gasteiger partial charge in [0.2, 0.25) is 0 Å². The lowest BCUT2D eigenvalue weighted by Crippen LogP contribution is -2.40. The maximum Gasteiger partial charge on any atom is 0.410 e. The third-order valence-electron chi connectivity index (χ3n) is 4.40. The Hall–Kier alpha value is -2.56. The zero-order chi connectivity index (χ0) is 18.7. The number of likely N-dealkylation sites (tertiary alicyclic amines) is 1. The van der Waals surface area contributed by atoms with Crippen molar-refractivity contribution >= 4 is 11.7 Å². The van der Waals surface area contributed by atoms with E-state index >= 15 is 0 Å². The zero-order valence-corrected chi connectivity index (χ0v) is 16.0. The van der Waals surface area contributed by atoms with E-state index in [2.05, 4.69) is 35.4 Å². The number of carbonyl (C=O) groups is 1. The lowest BCUT2D eigenvalue weighted by molar-refractivity contribution is 0.0236. The summed E-state index contributed by atoms with van der Waals surface area (Å²) in [6.45, 7) is 7.04. The summed E-state index contributed by atoms with van der Waals surface area (Å²) in [6, 6.07) is 10.4. The summed E-state index contributed by atoms with van der Waals surface area (Å²) in [4.78, 5) is 18.7. The Morgan fingerprint density at radius 2 is 1.77 bits per heavy atom. The molecule has 2 heterocycles. The van der Waals surface area contributed by atoms with Gasteiger partial charge in [0, 0.05) is 31.9 Å². The molecule has 1 amide bonds. The highest BCUT2D eigenvalue weighted by Gasteiger charge is 2.26. The molecule has 0 saturated carbocycles. The van der Waals surface area contributed by atoms with Gasteiger partial charge in [0.15, 0.2) is 0 Å². The molecule has 26 heavy (non-hydrogen) atoms. The van der Waals surface area contributed by atoms with Gasteiger partial charge >= 0.3 is 6.09 Å². The second kappa shape index (κ2) is 7.36. The number of ether oxygens (including phenoxy) is 1. The quantitative estimate of drug-likeness (QED) is 0.811. The van der Waals surface area contributed by atoms with Crippen molar-refractivity contribution in [1.29, 1.82) is 0 Å². The topological polar surface area (TPSA) is 47.4 Å². The molecule has 1 saturated heterocycles. The summed E-state index contributed by atoms with van der Waals surface area (Å²) in [6.07, 6.45) is 5.32. The lowest BCUT2D eigenvalue weighted by Gasteiger charge is -2.32. The Balaban J connectivity index is 1.84. The van der Waals surface area contributed by atoms with Gasteiger partial charge in [-0.1, -0.05) is 35.9 Å². The second-order valence-electron chi connectivity index (χ2n) is 7.74. The number of hydrogen-bond acceptors (Lipinski definition) is 3. The van der Waals surface area contributed by atoms with Crippen molar-refractivity contribution in [2.45, 2.75) is 39.2 Å². The number of carbonyl (C=O) groups excluding carboxylic acids is 1. The fourth-order valence-corrected chi connectivity index (χ4v) is 3.22. The molecule has 0 radical (unpaired) electrons. The number of nitrogens with zero attached hydrogens (tertiary/aromatic N) is 3. The summed E-state index contributed by atoms with van der Waals surface area (Å²) < 4.78 is 7.47. The van der Waals surface area contributed by atoms with Crippen LogP contribution in [0.4, 0.5) is 4.79 Å². The number of aryl methyl sites for hydroxylation is 1. The van der Waals surface area contributed by atoms with Crippen LogP contribution in [0.3, 0.4) is 0 Å². The van der Waals surface area contributed by atoms with E-state index in [0.29, 0.717) is 13.1 Å². The molecule has 1 aromatic carbocycles. The van der Waals surface area contributed by atoms with E-state index in [-0.39, 0.29) is 6.09 Å². The third-order valence-corrected chi connectivity index (χ3v) is 4.40. The van der Waals surface area contributed by atoms with E-state index in [1.165, 1.54) is 16.7 Å². The Morgan fingerprint density at radius 1 is 1.12 bits per heavy atom. The number of hydrogen-bond donors (Lipinski definition) is 0. The number of rotatable bonds is 2. The fourth-order valence-electron chi connectivity index (χ4n) is 3.22. The van der Waals surface area contributed by atoms with Crippen LogP contribution in [0.1, 0.15) is 44.9 Å². The van der Waals surface area contributed by atoms with E-state index in [0.717, 1.165) is 18.5 Å². The molecule has 1 aliphatic rings.